The zero-order chi connectivity index (χ0) is 11.5. The summed E-state index contributed by atoms with van der Waals surface area (Å²) in [6.07, 6.45) is 3.72. The third kappa shape index (κ3) is 2.95. The first-order valence-electron chi connectivity index (χ1n) is 6.18. The topological polar surface area (TPSA) is 38.8 Å². The lowest BCUT2D eigenvalue weighted by Crippen LogP contribution is -2.35. The van der Waals surface area contributed by atoms with Crippen molar-refractivity contribution < 1.29 is 14.3 Å². The maximum absolute atomic E-state index is 10.7. The molecule has 16 heavy (non-hydrogen) atoms. The molecule has 4 nitrogen and oxygen atoms in total. The van der Waals surface area contributed by atoms with Crippen molar-refractivity contribution in [2.24, 2.45) is 5.92 Å². The number of esters is 1. The first-order chi connectivity index (χ1) is 7.65. The Labute approximate surface area is 96.9 Å². The Balaban J connectivity index is 1.60. The van der Waals surface area contributed by atoms with Gasteiger partial charge in [-0.05, 0) is 32.1 Å². The number of ether oxygens (including phenoxy) is 2. The number of hydrogen-bond donors (Lipinski definition) is 0. The molecule has 0 spiro atoms. The van der Waals surface area contributed by atoms with Crippen molar-refractivity contribution in [1.82, 2.24) is 4.90 Å². The summed E-state index contributed by atoms with van der Waals surface area (Å²) in [5.74, 6) is 0.642. The van der Waals surface area contributed by atoms with Crippen LogP contribution in [0.5, 0.6) is 0 Å². The van der Waals surface area contributed by atoms with Gasteiger partial charge in [0.15, 0.2) is 6.29 Å². The first kappa shape index (κ1) is 11.9. The predicted molar refractivity (Wildman–Crippen MR) is 59.9 cm³/mol. The van der Waals surface area contributed by atoms with Gasteiger partial charge >= 0.3 is 5.97 Å². The van der Waals surface area contributed by atoms with Gasteiger partial charge in [-0.1, -0.05) is 0 Å². The lowest BCUT2D eigenvalue weighted by atomic mass is 10.1. The van der Waals surface area contributed by atoms with Gasteiger partial charge in [-0.3, -0.25) is 9.69 Å². The fourth-order valence-corrected chi connectivity index (χ4v) is 2.90. The number of rotatable bonds is 5. The van der Waals surface area contributed by atoms with Crippen LogP contribution in [0.4, 0.5) is 0 Å². The van der Waals surface area contributed by atoms with Crippen molar-refractivity contribution in [2.45, 2.75) is 45.4 Å². The first-order valence-corrected chi connectivity index (χ1v) is 6.18. The smallest absolute Gasteiger partial charge is 0.304 e. The Morgan fingerprint density at radius 2 is 2.31 bits per heavy atom. The standard InChI is InChI=1S/C12H21NO3/c1-9(14)16-10(2)15-6-5-13-8-11-3-4-12(13)7-11/h10-12H,3-8H2,1-2H3. The van der Waals surface area contributed by atoms with Crippen molar-refractivity contribution in [2.75, 3.05) is 19.7 Å². The van der Waals surface area contributed by atoms with Crippen molar-refractivity contribution in [1.29, 1.82) is 0 Å². The molecule has 1 aliphatic heterocycles. The van der Waals surface area contributed by atoms with Crippen molar-refractivity contribution in [3.05, 3.63) is 0 Å². The van der Waals surface area contributed by atoms with E-state index in [0.29, 0.717) is 6.61 Å². The van der Waals surface area contributed by atoms with Crippen molar-refractivity contribution in [3.63, 3.8) is 0 Å². The van der Waals surface area contributed by atoms with Crippen LogP contribution in [0.15, 0.2) is 0 Å². The molecular weight excluding hydrogens is 206 g/mol. The van der Waals surface area contributed by atoms with Crippen molar-refractivity contribution >= 4 is 5.97 Å². The van der Waals surface area contributed by atoms with Crippen molar-refractivity contribution in [3.8, 4) is 0 Å². The number of hydrogen-bond acceptors (Lipinski definition) is 4. The Kier molecular flexibility index (Phi) is 3.82. The molecule has 1 saturated heterocycles. The van der Waals surface area contributed by atoms with Gasteiger partial charge in [-0.15, -0.1) is 0 Å². The molecule has 1 saturated carbocycles. The lowest BCUT2D eigenvalue weighted by Gasteiger charge is -2.26. The fourth-order valence-electron chi connectivity index (χ4n) is 2.90. The molecule has 0 N–H and O–H groups in total. The summed E-state index contributed by atoms with van der Waals surface area (Å²) < 4.78 is 10.3. The minimum absolute atomic E-state index is 0.285. The van der Waals surface area contributed by atoms with E-state index in [1.54, 1.807) is 6.92 Å². The Hall–Kier alpha value is -0.610. The number of carbonyl (C=O) groups excluding carboxylic acids is 1. The summed E-state index contributed by atoms with van der Waals surface area (Å²) in [6.45, 7) is 6.01. The van der Waals surface area contributed by atoms with Gasteiger partial charge in [-0.25, -0.2) is 0 Å². The second-order valence-electron chi connectivity index (χ2n) is 4.88. The largest absolute Gasteiger partial charge is 0.436 e. The van der Waals surface area contributed by atoms with E-state index in [9.17, 15) is 4.79 Å². The summed E-state index contributed by atoms with van der Waals surface area (Å²) in [5, 5.41) is 0. The summed E-state index contributed by atoms with van der Waals surface area (Å²) in [4.78, 5) is 13.2. The van der Waals surface area contributed by atoms with Crippen LogP contribution in [0.2, 0.25) is 0 Å². The maximum Gasteiger partial charge on any atom is 0.304 e. The lowest BCUT2D eigenvalue weighted by molar-refractivity contribution is -0.172. The van der Waals surface area contributed by atoms with Crippen LogP contribution in [0.25, 0.3) is 0 Å². The summed E-state index contributed by atoms with van der Waals surface area (Å²) in [6, 6.07) is 0.789. The van der Waals surface area contributed by atoms with E-state index in [0.717, 1.165) is 18.5 Å². The molecule has 3 unspecified atom stereocenters. The number of likely N-dealkylation sites (tertiary alicyclic amines) is 1. The van der Waals surface area contributed by atoms with Gasteiger partial charge < -0.3 is 9.47 Å². The van der Waals surface area contributed by atoms with Crippen LogP contribution < -0.4 is 0 Å². The van der Waals surface area contributed by atoms with Gasteiger partial charge in [0.05, 0.1) is 6.61 Å². The highest BCUT2D eigenvalue weighted by molar-refractivity contribution is 5.65. The molecule has 3 atom stereocenters. The molecule has 0 aromatic carbocycles. The highest BCUT2D eigenvalue weighted by Gasteiger charge is 2.37. The number of nitrogens with zero attached hydrogens (tertiary/aromatic N) is 1. The molecule has 0 radical (unpaired) electrons. The van der Waals surface area contributed by atoms with Gasteiger partial charge in [0.2, 0.25) is 0 Å². The summed E-state index contributed by atoms with van der Waals surface area (Å²) in [5.41, 5.74) is 0. The van der Waals surface area contributed by atoms with Gasteiger partial charge in [0.25, 0.3) is 0 Å². The van der Waals surface area contributed by atoms with E-state index in [1.165, 1.54) is 32.7 Å². The van der Waals surface area contributed by atoms with E-state index in [4.69, 9.17) is 9.47 Å². The molecule has 0 amide bonds. The van der Waals surface area contributed by atoms with Crippen LogP contribution in [-0.2, 0) is 14.3 Å². The Morgan fingerprint density at radius 1 is 1.50 bits per heavy atom. The third-order valence-corrected chi connectivity index (χ3v) is 3.59. The summed E-state index contributed by atoms with van der Waals surface area (Å²) >= 11 is 0. The molecule has 2 bridgehead atoms. The average molecular weight is 227 g/mol. The van der Waals surface area contributed by atoms with Gasteiger partial charge in [0, 0.05) is 26.1 Å². The van der Waals surface area contributed by atoms with E-state index in [2.05, 4.69) is 4.90 Å². The normalized spacial score (nSPS) is 30.6. The molecule has 4 heteroatoms. The highest BCUT2D eigenvalue weighted by atomic mass is 16.7. The monoisotopic (exact) mass is 227 g/mol. The Bertz CT molecular complexity index is 257. The van der Waals surface area contributed by atoms with Gasteiger partial charge in [-0.2, -0.15) is 0 Å². The predicted octanol–water partition coefficient (Wildman–Crippen LogP) is 1.40. The van der Waals surface area contributed by atoms with Crippen LogP contribution in [0.1, 0.15) is 33.1 Å². The molecule has 2 fully saturated rings. The third-order valence-electron chi connectivity index (χ3n) is 3.59. The van der Waals surface area contributed by atoms with Crippen LogP contribution in [-0.4, -0.2) is 42.9 Å². The van der Waals surface area contributed by atoms with Crippen LogP contribution in [0, 0.1) is 5.92 Å². The molecule has 92 valence electrons. The summed E-state index contributed by atoms with van der Waals surface area (Å²) in [7, 11) is 0. The second kappa shape index (κ2) is 5.15. The molecule has 2 aliphatic rings. The molecule has 0 aromatic heterocycles. The van der Waals surface area contributed by atoms with Crippen LogP contribution in [0.3, 0.4) is 0 Å². The van der Waals surface area contributed by atoms with Gasteiger partial charge in [0.1, 0.15) is 0 Å². The zero-order valence-electron chi connectivity index (χ0n) is 10.1. The quantitative estimate of drug-likeness (QED) is 0.525. The van der Waals surface area contributed by atoms with E-state index >= 15 is 0 Å². The molecule has 1 aliphatic carbocycles. The Morgan fingerprint density at radius 3 is 2.88 bits per heavy atom. The average Bonchev–Trinajstić information content (AvgIpc) is 2.77. The fraction of sp³-hybridized carbons (Fsp3) is 0.917. The minimum Gasteiger partial charge on any atom is -0.436 e. The SMILES string of the molecule is CC(=O)OC(C)OCCN1CC2CCC1C2. The minimum atomic E-state index is -0.419. The van der Waals surface area contributed by atoms with E-state index < -0.39 is 6.29 Å². The molecule has 2 rings (SSSR count). The maximum atomic E-state index is 10.7. The van der Waals surface area contributed by atoms with E-state index in [-0.39, 0.29) is 5.97 Å². The molecule has 0 aromatic rings. The second-order valence-corrected chi connectivity index (χ2v) is 4.88. The van der Waals surface area contributed by atoms with E-state index in [1.807, 2.05) is 0 Å². The van der Waals surface area contributed by atoms with Crippen LogP contribution >= 0.6 is 0 Å². The molecule has 1 heterocycles. The zero-order valence-corrected chi connectivity index (χ0v) is 10.1. The number of carbonyl (C=O) groups is 1. The highest BCUT2D eigenvalue weighted by Crippen LogP contribution is 2.36. The number of fused-ring (bicyclic) bond motifs is 2. The molecular formula is C12H21NO3. The number of piperidine rings is 1.